The maximum Gasteiger partial charge on any atom is 0.0581 e. The Bertz CT molecular complexity index is 1220. The van der Waals surface area contributed by atoms with Gasteiger partial charge in [-0.05, 0) is 75.6 Å². The molecule has 0 heterocycles. The molecule has 0 N–H and O–H groups in total. The van der Waals surface area contributed by atoms with Gasteiger partial charge in [-0.25, -0.2) is 0 Å². The zero-order chi connectivity index (χ0) is 28.4. The van der Waals surface area contributed by atoms with Crippen LogP contribution in [0.5, 0.6) is 0 Å². The second-order valence-corrected chi connectivity index (χ2v) is 14.2. The molecule has 2 aliphatic carbocycles. The summed E-state index contributed by atoms with van der Waals surface area (Å²) in [6.45, 7) is 1.30. The van der Waals surface area contributed by atoms with Crippen molar-refractivity contribution >= 4 is 49.5 Å². The molecule has 0 saturated heterocycles. The molecule has 0 atom stereocenters. The summed E-state index contributed by atoms with van der Waals surface area (Å²) < 4.78 is 0. The Labute approximate surface area is 254 Å². The predicted octanol–water partition coefficient (Wildman–Crippen LogP) is 6.86. The molecule has 10 radical (unpaired) electrons. The average Bonchev–Trinajstić information content (AvgIpc) is 3.71. The summed E-state index contributed by atoms with van der Waals surface area (Å²) in [6.07, 6.45) is 17.2. The van der Waals surface area contributed by atoms with E-state index in [1.165, 1.54) is 44.4 Å². The highest BCUT2D eigenvalue weighted by atomic mass is 31.1. The van der Waals surface area contributed by atoms with Gasteiger partial charge in [0.05, 0.1) is 13.1 Å². The first-order chi connectivity index (χ1) is 20.9. The van der Waals surface area contributed by atoms with Crippen molar-refractivity contribution in [1.82, 2.24) is 0 Å². The number of hydrogen-bond acceptors (Lipinski definition) is 2. The van der Waals surface area contributed by atoms with Crippen molar-refractivity contribution in [2.45, 2.75) is 0 Å². The molecule has 0 bridgehead atoms. The topological polar surface area (TPSA) is 24.7 Å². The van der Waals surface area contributed by atoms with E-state index in [0.717, 1.165) is 0 Å². The second-order valence-electron chi connectivity index (χ2n) is 9.82. The molecule has 0 aliphatic heterocycles. The van der Waals surface area contributed by atoms with Gasteiger partial charge >= 0.3 is 0 Å². The number of nitrogens with zero attached hydrogens (tertiary/aromatic N) is 2. The normalized spacial score (nSPS) is 17.5. The van der Waals surface area contributed by atoms with Gasteiger partial charge in [0.25, 0.3) is 0 Å². The lowest BCUT2D eigenvalue weighted by atomic mass is 10.1. The van der Waals surface area contributed by atoms with E-state index in [9.17, 15) is 0 Å². The average molecular weight is 579 g/mol. The summed E-state index contributed by atoms with van der Waals surface area (Å²) in [5.74, 6) is 2.37. The third-order valence-corrected chi connectivity index (χ3v) is 12.0. The third kappa shape index (κ3) is 7.16. The Morgan fingerprint density at radius 1 is 0.405 bits per heavy atom. The fourth-order valence-corrected chi connectivity index (χ4v) is 9.92. The number of rotatable bonds is 11. The second kappa shape index (κ2) is 15.0. The van der Waals surface area contributed by atoms with Gasteiger partial charge < -0.3 is 0 Å². The molecule has 6 rings (SSSR count). The summed E-state index contributed by atoms with van der Waals surface area (Å²) in [5.41, 5.74) is 2.68. The van der Waals surface area contributed by atoms with Gasteiger partial charge in [-0.1, -0.05) is 121 Å². The van der Waals surface area contributed by atoms with E-state index in [0.29, 0.717) is 13.1 Å². The first-order valence-corrected chi connectivity index (χ1v) is 16.9. The van der Waals surface area contributed by atoms with Crippen molar-refractivity contribution in [2.24, 2.45) is 9.98 Å². The minimum Gasteiger partial charge on any atom is -0.295 e. The molecule has 2 fully saturated rings. The highest BCUT2D eigenvalue weighted by Gasteiger charge is 2.37. The molecule has 4 aromatic carbocycles. The van der Waals surface area contributed by atoms with Crippen LogP contribution >= 0.6 is 15.8 Å². The quantitative estimate of drug-likeness (QED) is 0.106. The molecule has 4 heteroatoms. The summed E-state index contributed by atoms with van der Waals surface area (Å²) in [4.78, 5) is 9.58. The van der Waals surface area contributed by atoms with Gasteiger partial charge in [-0.2, -0.15) is 0 Å². The van der Waals surface area contributed by atoms with E-state index >= 15 is 0 Å². The Balaban J connectivity index is 1.09. The van der Waals surface area contributed by atoms with Crippen LogP contribution in [-0.4, -0.2) is 25.5 Å². The van der Waals surface area contributed by atoms with Gasteiger partial charge in [-0.15, -0.1) is 0 Å². The molecule has 2 aliphatic rings. The fraction of sp³-hybridized carbons (Fsp3) is 0.0526. The molecular formula is C38H32N2P2. The summed E-state index contributed by atoms with van der Waals surface area (Å²) in [6, 6.07) is 43.3. The standard InChI is InChI=1S/C38H32N2P2/c1-5-17-33(18-6-1)41(34-19-7-2-8-20-34)37-25-13-15-31(37)29-39-27-28-40-30-32-16-14-26-38(32)42(35-21-9-3-10-22-35)36-23-11-4-12-24-36/h1-26,29-30H,27-28H2. The van der Waals surface area contributed by atoms with Crippen molar-refractivity contribution in [3.8, 4) is 0 Å². The Hall–Kier alpha value is -2.92. The zero-order valence-electron chi connectivity index (χ0n) is 23.4. The first-order valence-electron chi connectivity index (χ1n) is 14.2. The summed E-state index contributed by atoms with van der Waals surface area (Å²) in [5, 5.41) is 5.39. The third-order valence-electron chi connectivity index (χ3n) is 7.01. The van der Waals surface area contributed by atoms with Crippen LogP contribution in [0.4, 0.5) is 0 Å². The van der Waals surface area contributed by atoms with Crippen LogP contribution in [0.25, 0.3) is 0 Å². The van der Waals surface area contributed by atoms with Crippen LogP contribution in [0, 0.1) is 61.7 Å². The maximum atomic E-state index is 4.79. The summed E-state index contributed by atoms with van der Waals surface area (Å²) >= 11 is 0. The maximum absolute atomic E-state index is 4.79. The monoisotopic (exact) mass is 578 g/mol. The minimum absolute atomic E-state index is 0.650. The molecule has 0 unspecified atom stereocenters. The van der Waals surface area contributed by atoms with E-state index in [-0.39, 0.29) is 0 Å². The summed E-state index contributed by atoms with van der Waals surface area (Å²) in [7, 11) is -1.30. The van der Waals surface area contributed by atoms with Crippen LogP contribution in [-0.2, 0) is 0 Å². The lowest BCUT2D eigenvalue weighted by Gasteiger charge is -2.27. The SMILES string of the molecule is [CH]1[CH][C](C=NCCN=C[C]2[CH][CH][CH][C]2P(c2ccccc2)c2ccccc2)[C](P(c2ccccc2)c2ccccc2)[CH]1. The highest BCUT2D eigenvalue weighted by Crippen LogP contribution is 2.56. The van der Waals surface area contributed by atoms with E-state index in [2.05, 4.69) is 160 Å². The lowest BCUT2D eigenvalue weighted by molar-refractivity contribution is 0.980. The molecule has 4 aromatic rings. The van der Waals surface area contributed by atoms with Crippen molar-refractivity contribution in [3.05, 3.63) is 183 Å². The van der Waals surface area contributed by atoms with Crippen LogP contribution < -0.4 is 21.2 Å². The largest absolute Gasteiger partial charge is 0.295 e. The van der Waals surface area contributed by atoms with Gasteiger partial charge in [0.15, 0.2) is 0 Å². The predicted molar refractivity (Wildman–Crippen MR) is 184 cm³/mol. The fourth-order valence-electron chi connectivity index (χ4n) is 5.08. The van der Waals surface area contributed by atoms with Crippen molar-refractivity contribution in [2.75, 3.05) is 13.1 Å². The van der Waals surface area contributed by atoms with E-state index < -0.39 is 15.8 Å². The van der Waals surface area contributed by atoms with Crippen molar-refractivity contribution in [3.63, 3.8) is 0 Å². The molecule has 204 valence electrons. The van der Waals surface area contributed by atoms with Gasteiger partial charge in [0.1, 0.15) is 0 Å². The number of hydrogen-bond donors (Lipinski definition) is 0. The Morgan fingerprint density at radius 2 is 0.714 bits per heavy atom. The Morgan fingerprint density at radius 3 is 1.02 bits per heavy atom. The van der Waals surface area contributed by atoms with E-state index in [1.54, 1.807) is 0 Å². The van der Waals surface area contributed by atoms with E-state index in [4.69, 9.17) is 9.98 Å². The Kier molecular flexibility index (Phi) is 10.4. The van der Waals surface area contributed by atoms with E-state index in [1.807, 2.05) is 12.4 Å². The zero-order valence-corrected chi connectivity index (χ0v) is 25.2. The molecular weight excluding hydrogens is 546 g/mol. The first kappa shape index (κ1) is 29.2. The molecule has 2 nitrogen and oxygen atoms in total. The van der Waals surface area contributed by atoms with Crippen LogP contribution in [0.15, 0.2) is 131 Å². The van der Waals surface area contributed by atoms with Crippen LogP contribution in [0.1, 0.15) is 0 Å². The van der Waals surface area contributed by atoms with Gasteiger partial charge in [0.2, 0.25) is 0 Å². The number of aliphatic imine (C=N–C) groups is 2. The van der Waals surface area contributed by atoms with Crippen molar-refractivity contribution < 1.29 is 0 Å². The minimum atomic E-state index is -0.650. The highest BCUT2D eigenvalue weighted by molar-refractivity contribution is 7.76. The van der Waals surface area contributed by atoms with Crippen LogP contribution in [0.2, 0.25) is 0 Å². The molecule has 0 spiro atoms. The van der Waals surface area contributed by atoms with Crippen molar-refractivity contribution in [1.29, 1.82) is 0 Å². The molecule has 2 saturated carbocycles. The lowest BCUT2D eigenvalue weighted by Crippen LogP contribution is -2.19. The molecule has 0 amide bonds. The molecule has 42 heavy (non-hydrogen) atoms. The van der Waals surface area contributed by atoms with Gasteiger partial charge in [0, 0.05) is 35.6 Å². The van der Waals surface area contributed by atoms with Gasteiger partial charge in [-0.3, -0.25) is 9.98 Å². The van der Waals surface area contributed by atoms with Crippen LogP contribution in [0.3, 0.4) is 0 Å². The molecule has 0 aromatic heterocycles. The number of benzene rings is 4. The smallest absolute Gasteiger partial charge is 0.0581 e.